The van der Waals surface area contributed by atoms with Gasteiger partial charge < -0.3 is 24.0 Å². The van der Waals surface area contributed by atoms with E-state index in [-0.39, 0.29) is 12.9 Å². The van der Waals surface area contributed by atoms with Crippen molar-refractivity contribution in [3.05, 3.63) is 60.0 Å². The molecule has 9 heteroatoms. The summed E-state index contributed by atoms with van der Waals surface area (Å²) >= 11 is 1.81. The Bertz CT molecular complexity index is 1450. The lowest BCUT2D eigenvalue weighted by Crippen LogP contribution is -2.46. The van der Waals surface area contributed by atoms with Crippen LogP contribution in [0.1, 0.15) is 32.1 Å². The number of benzene rings is 2. The largest absolute Gasteiger partial charge is 0.494 e. The third-order valence-electron chi connectivity index (χ3n) is 7.96. The van der Waals surface area contributed by atoms with Crippen LogP contribution in [0.5, 0.6) is 11.6 Å². The van der Waals surface area contributed by atoms with Gasteiger partial charge in [-0.05, 0) is 80.4 Å². The van der Waals surface area contributed by atoms with E-state index < -0.39 is 0 Å². The molecule has 8 nitrogen and oxygen atoms in total. The molecule has 1 amide bonds. The van der Waals surface area contributed by atoms with E-state index in [4.69, 9.17) is 14.2 Å². The summed E-state index contributed by atoms with van der Waals surface area (Å²) in [5, 5.41) is 4.57. The van der Waals surface area contributed by atoms with Crippen LogP contribution in [-0.2, 0) is 4.74 Å². The van der Waals surface area contributed by atoms with Gasteiger partial charge in [0.2, 0.25) is 12.7 Å². The molecule has 216 valence electrons. The molecule has 6 rings (SSSR count). The number of hydrogen-bond donors (Lipinski definition) is 0. The van der Waals surface area contributed by atoms with Crippen molar-refractivity contribution in [1.29, 1.82) is 0 Å². The molecule has 0 spiro atoms. The summed E-state index contributed by atoms with van der Waals surface area (Å²) in [6.07, 6.45) is 5.01. The number of hydrogen-bond acceptors (Lipinski definition) is 8. The van der Waals surface area contributed by atoms with Crippen molar-refractivity contribution in [2.45, 2.75) is 32.1 Å². The first-order valence-corrected chi connectivity index (χ1v) is 15.6. The van der Waals surface area contributed by atoms with E-state index in [1.807, 2.05) is 35.6 Å². The van der Waals surface area contributed by atoms with Gasteiger partial charge in [0.1, 0.15) is 5.75 Å². The first-order valence-electron chi connectivity index (χ1n) is 14.7. The van der Waals surface area contributed by atoms with Crippen molar-refractivity contribution in [1.82, 2.24) is 14.8 Å². The Morgan fingerprint density at radius 2 is 1.73 bits per heavy atom. The van der Waals surface area contributed by atoms with E-state index in [9.17, 15) is 4.79 Å². The fraction of sp³-hybridized carbons (Fsp3) is 0.438. The maximum absolute atomic E-state index is 12.2. The summed E-state index contributed by atoms with van der Waals surface area (Å²) in [5.41, 5.74) is 2.16. The summed E-state index contributed by atoms with van der Waals surface area (Å²) in [6.45, 7) is 7.46. The molecule has 41 heavy (non-hydrogen) atoms. The number of pyridine rings is 1. The SMILES string of the molecule is O=C(OCOc1ccc2ccc(OCCCCN3CCN(c4cccc5sccc45)CC3)cc2n1)N1CCCCC1. The smallest absolute Gasteiger partial charge is 0.412 e. The van der Waals surface area contributed by atoms with E-state index in [1.165, 1.54) is 22.2 Å². The van der Waals surface area contributed by atoms with Crippen LogP contribution < -0.4 is 14.4 Å². The summed E-state index contributed by atoms with van der Waals surface area (Å²) in [6, 6.07) is 18.6. The highest BCUT2D eigenvalue weighted by molar-refractivity contribution is 7.17. The molecule has 2 aliphatic heterocycles. The van der Waals surface area contributed by atoms with E-state index in [2.05, 4.69) is 44.4 Å². The summed E-state index contributed by atoms with van der Waals surface area (Å²) in [4.78, 5) is 23.6. The minimum atomic E-state index is -0.324. The number of ether oxygens (including phenoxy) is 3. The number of carbonyl (C=O) groups is 1. The lowest BCUT2D eigenvalue weighted by molar-refractivity contribution is 0.0298. The normalized spacial score (nSPS) is 16.3. The maximum atomic E-state index is 12.2. The third-order valence-corrected chi connectivity index (χ3v) is 8.85. The fourth-order valence-electron chi connectivity index (χ4n) is 5.65. The van der Waals surface area contributed by atoms with E-state index in [0.29, 0.717) is 12.5 Å². The van der Waals surface area contributed by atoms with Crippen molar-refractivity contribution >= 4 is 44.1 Å². The lowest BCUT2D eigenvalue weighted by atomic mass is 10.1. The minimum absolute atomic E-state index is 0.149. The molecule has 2 aliphatic rings. The Morgan fingerprint density at radius 1 is 0.878 bits per heavy atom. The predicted molar refractivity (Wildman–Crippen MR) is 164 cm³/mol. The summed E-state index contributed by atoms with van der Waals surface area (Å²) in [7, 11) is 0. The number of rotatable bonds is 10. The van der Waals surface area contributed by atoms with Gasteiger partial charge >= 0.3 is 6.09 Å². The molecule has 0 bridgehead atoms. The Hall–Kier alpha value is -3.56. The molecule has 0 aliphatic carbocycles. The monoisotopic (exact) mass is 574 g/mol. The van der Waals surface area contributed by atoms with Gasteiger partial charge in [0.15, 0.2) is 0 Å². The predicted octanol–water partition coefficient (Wildman–Crippen LogP) is 6.39. The van der Waals surface area contributed by atoms with Gasteiger partial charge in [-0.15, -0.1) is 11.3 Å². The first kappa shape index (κ1) is 27.6. The van der Waals surface area contributed by atoms with Gasteiger partial charge in [-0.3, -0.25) is 4.90 Å². The molecule has 0 unspecified atom stereocenters. The molecule has 0 atom stereocenters. The molecular formula is C32H38N4O4S. The standard InChI is InChI=1S/C32H38N4O4S/c37-32(36-15-2-1-3-16-36)40-24-39-31-12-10-25-9-11-26(23-28(25)33-31)38-21-5-4-14-34-17-19-35(20-18-34)29-7-6-8-30-27(29)13-22-41-30/h6-13,22-23H,1-5,14-21,24H2. The highest BCUT2D eigenvalue weighted by Crippen LogP contribution is 2.31. The second-order valence-electron chi connectivity index (χ2n) is 10.7. The van der Waals surface area contributed by atoms with Gasteiger partial charge in [0.05, 0.1) is 12.1 Å². The van der Waals surface area contributed by atoms with Crippen LogP contribution >= 0.6 is 11.3 Å². The van der Waals surface area contributed by atoms with Gasteiger partial charge in [0.25, 0.3) is 0 Å². The van der Waals surface area contributed by atoms with Gasteiger partial charge in [0, 0.05) is 72.6 Å². The number of carbonyl (C=O) groups excluding carboxylic acids is 1. The molecular weight excluding hydrogens is 536 g/mol. The summed E-state index contributed by atoms with van der Waals surface area (Å²) in [5.74, 6) is 1.23. The van der Waals surface area contributed by atoms with Gasteiger partial charge in [-0.25, -0.2) is 9.78 Å². The number of fused-ring (bicyclic) bond motifs is 2. The Kier molecular flexibility index (Phi) is 9.02. The highest BCUT2D eigenvalue weighted by Gasteiger charge is 2.19. The van der Waals surface area contributed by atoms with Crippen LogP contribution in [0, 0.1) is 0 Å². The average molecular weight is 575 g/mol. The number of aromatic nitrogens is 1. The molecule has 0 radical (unpaired) electrons. The van der Waals surface area contributed by atoms with Crippen molar-refractivity contribution in [2.24, 2.45) is 0 Å². The molecule has 2 aromatic heterocycles. The van der Waals surface area contributed by atoms with Crippen molar-refractivity contribution in [2.75, 3.05) is 64.1 Å². The summed E-state index contributed by atoms with van der Waals surface area (Å²) < 4.78 is 18.3. The van der Waals surface area contributed by atoms with Crippen LogP contribution in [0.3, 0.4) is 0 Å². The number of anilines is 1. The van der Waals surface area contributed by atoms with Crippen LogP contribution in [0.4, 0.5) is 10.5 Å². The first-order chi connectivity index (χ1) is 20.2. The zero-order valence-electron chi connectivity index (χ0n) is 23.5. The van der Waals surface area contributed by atoms with E-state index in [0.717, 1.165) is 88.1 Å². The number of piperazine rings is 1. The molecule has 0 N–H and O–H groups in total. The molecule has 2 saturated heterocycles. The topological polar surface area (TPSA) is 67.4 Å². The van der Waals surface area contributed by atoms with Crippen LogP contribution in [-0.4, -0.2) is 80.1 Å². The van der Waals surface area contributed by atoms with Crippen LogP contribution in [0.2, 0.25) is 0 Å². The Balaban J connectivity index is 0.906. The number of piperidine rings is 1. The average Bonchev–Trinajstić information content (AvgIpc) is 3.51. The van der Waals surface area contributed by atoms with Gasteiger partial charge in [-0.2, -0.15) is 0 Å². The minimum Gasteiger partial charge on any atom is -0.494 e. The molecule has 0 saturated carbocycles. The molecule has 4 heterocycles. The fourth-order valence-corrected chi connectivity index (χ4v) is 6.46. The number of thiophene rings is 1. The Morgan fingerprint density at radius 3 is 2.61 bits per heavy atom. The number of likely N-dealkylation sites (tertiary alicyclic amines) is 1. The number of amides is 1. The number of unbranched alkanes of at least 4 members (excludes halogenated alkanes) is 1. The second-order valence-corrected chi connectivity index (χ2v) is 11.7. The van der Waals surface area contributed by atoms with E-state index in [1.54, 1.807) is 11.0 Å². The molecule has 2 fully saturated rings. The maximum Gasteiger partial charge on any atom is 0.412 e. The zero-order valence-corrected chi connectivity index (χ0v) is 24.3. The quantitative estimate of drug-likeness (QED) is 0.161. The van der Waals surface area contributed by atoms with Crippen LogP contribution in [0.25, 0.3) is 21.0 Å². The van der Waals surface area contributed by atoms with Gasteiger partial charge in [-0.1, -0.05) is 6.07 Å². The molecule has 2 aromatic carbocycles. The van der Waals surface area contributed by atoms with Crippen molar-refractivity contribution in [3.63, 3.8) is 0 Å². The Labute approximate surface area is 245 Å². The van der Waals surface area contributed by atoms with Crippen molar-refractivity contribution in [3.8, 4) is 11.6 Å². The molecule has 4 aromatic rings. The van der Waals surface area contributed by atoms with Crippen LogP contribution in [0.15, 0.2) is 60.0 Å². The third kappa shape index (κ3) is 7.02. The van der Waals surface area contributed by atoms with Crippen molar-refractivity contribution < 1.29 is 19.0 Å². The number of nitrogens with zero attached hydrogens (tertiary/aromatic N) is 4. The highest BCUT2D eigenvalue weighted by atomic mass is 32.1. The second kappa shape index (κ2) is 13.4. The lowest BCUT2D eigenvalue weighted by Gasteiger charge is -2.36. The zero-order chi connectivity index (χ0) is 27.9. The van der Waals surface area contributed by atoms with E-state index >= 15 is 0 Å².